The number of ketones is 3. The largest absolute Gasteiger partial charge is 0.294 e. The van der Waals surface area contributed by atoms with Crippen LogP contribution in [0.4, 0.5) is 0 Å². The average Bonchev–Trinajstić information content (AvgIpc) is 2.52. The van der Waals surface area contributed by atoms with Crippen LogP contribution in [-0.4, -0.2) is 17.3 Å². The number of hydrogen-bond donors (Lipinski definition) is 0. The predicted octanol–water partition coefficient (Wildman–Crippen LogP) is 4.38. The quantitative estimate of drug-likeness (QED) is 0.315. The Kier molecular flexibility index (Phi) is 6.09. The molecule has 130 valence electrons. The number of Topliss-reactive ketones (excluding diaryl/α,β-unsaturated/α-hetero) is 2. The Morgan fingerprint density at radius 3 is 2.58 bits per heavy atom. The molecule has 0 aliphatic heterocycles. The van der Waals surface area contributed by atoms with E-state index in [9.17, 15) is 14.4 Å². The van der Waals surface area contributed by atoms with Crippen LogP contribution in [-0.2, 0) is 14.4 Å². The fraction of sp³-hybridized carbons (Fsp3) is 0.571. The van der Waals surface area contributed by atoms with Gasteiger partial charge in [0.1, 0.15) is 0 Å². The molecule has 3 nitrogen and oxygen atoms in total. The van der Waals surface area contributed by atoms with Crippen molar-refractivity contribution < 1.29 is 14.4 Å². The molecule has 0 heterocycles. The number of carbonyl (C=O) groups excluding carboxylic acids is 3. The summed E-state index contributed by atoms with van der Waals surface area (Å²) in [4.78, 5) is 37.8. The number of hydrogen-bond acceptors (Lipinski definition) is 3. The number of carbonyl (C=O) groups is 3. The fourth-order valence-electron chi connectivity index (χ4n) is 3.93. The molecule has 0 radical (unpaired) electrons. The maximum atomic E-state index is 12.7. The normalized spacial score (nSPS) is 27.8. The second kappa shape index (κ2) is 7.87. The first-order valence-corrected chi connectivity index (χ1v) is 9.00. The van der Waals surface area contributed by atoms with Crippen molar-refractivity contribution >= 4 is 17.3 Å². The van der Waals surface area contributed by atoms with Crippen molar-refractivity contribution in [1.82, 2.24) is 0 Å². The van der Waals surface area contributed by atoms with Crippen molar-refractivity contribution in [1.29, 1.82) is 0 Å². The Balaban J connectivity index is 2.26. The van der Waals surface area contributed by atoms with Gasteiger partial charge in [0.05, 0.1) is 5.92 Å². The summed E-state index contributed by atoms with van der Waals surface area (Å²) in [6.45, 7) is 10.1. The van der Waals surface area contributed by atoms with Crippen molar-refractivity contribution in [2.75, 3.05) is 0 Å². The molecule has 3 heteroatoms. The molecule has 0 fully saturated rings. The lowest BCUT2D eigenvalue weighted by Gasteiger charge is -2.36. The highest BCUT2D eigenvalue weighted by molar-refractivity contribution is 6.50. The maximum absolute atomic E-state index is 12.7. The van der Waals surface area contributed by atoms with Gasteiger partial charge in [-0.1, -0.05) is 43.6 Å². The summed E-state index contributed by atoms with van der Waals surface area (Å²) in [6.07, 6.45) is 8.51. The van der Waals surface area contributed by atoms with Crippen LogP contribution in [0.15, 0.2) is 35.5 Å². The van der Waals surface area contributed by atoms with Gasteiger partial charge in [-0.2, -0.15) is 0 Å². The molecule has 0 N–H and O–H groups in total. The highest BCUT2D eigenvalue weighted by atomic mass is 16.2. The maximum Gasteiger partial charge on any atom is 0.225 e. The number of rotatable bonds is 6. The third kappa shape index (κ3) is 3.82. The summed E-state index contributed by atoms with van der Waals surface area (Å²) in [7, 11) is 0. The van der Waals surface area contributed by atoms with Gasteiger partial charge in [-0.25, -0.2) is 0 Å². The van der Waals surface area contributed by atoms with Crippen molar-refractivity contribution in [2.24, 2.45) is 17.8 Å². The van der Waals surface area contributed by atoms with Gasteiger partial charge >= 0.3 is 0 Å². The first-order valence-electron chi connectivity index (χ1n) is 9.00. The lowest BCUT2D eigenvalue weighted by molar-refractivity contribution is -0.143. The smallest absolute Gasteiger partial charge is 0.225 e. The zero-order valence-electron chi connectivity index (χ0n) is 15.1. The minimum Gasteiger partial charge on any atom is -0.294 e. The molecule has 2 aliphatic rings. The van der Waals surface area contributed by atoms with Crippen LogP contribution < -0.4 is 0 Å². The molecule has 2 rings (SSSR count). The van der Waals surface area contributed by atoms with Crippen LogP contribution in [0, 0.1) is 17.8 Å². The second-order valence-electron chi connectivity index (χ2n) is 7.31. The molecule has 3 atom stereocenters. The van der Waals surface area contributed by atoms with Gasteiger partial charge in [-0.05, 0) is 57.4 Å². The van der Waals surface area contributed by atoms with Crippen molar-refractivity contribution in [3.63, 3.8) is 0 Å². The Morgan fingerprint density at radius 1 is 1.25 bits per heavy atom. The Labute approximate surface area is 144 Å². The third-order valence-corrected chi connectivity index (χ3v) is 5.33. The van der Waals surface area contributed by atoms with E-state index in [1.807, 2.05) is 13.8 Å². The molecule has 2 aliphatic carbocycles. The lowest BCUT2D eigenvalue weighted by atomic mass is 9.65. The van der Waals surface area contributed by atoms with E-state index >= 15 is 0 Å². The SMILES string of the molecule is C=C(C)[C@@H]1CC=C(C)C[C@H]1C1C(=O)C=C(CCCCC)C(=O)C1=O. The number of allylic oxidation sites excluding steroid dienone is 5. The lowest BCUT2D eigenvalue weighted by Crippen LogP contribution is -2.43. The molecule has 0 bridgehead atoms. The molecule has 0 saturated carbocycles. The molecule has 24 heavy (non-hydrogen) atoms. The van der Waals surface area contributed by atoms with Crippen LogP contribution in [0.5, 0.6) is 0 Å². The molecule has 1 unspecified atom stereocenters. The highest BCUT2D eigenvalue weighted by Gasteiger charge is 2.44. The van der Waals surface area contributed by atoms with Crippen molar-refractivity contribution in [3.8, 4) is 0 Å². The summed E-state index contributed by atoms with van der Waals surface area (Å²) in [5.74, 6) is -1.99. The van der Waals surface area contributed by atoms with Gasteiger partial charge in [-0.15, -0.1) is 0 Å². The van der Waals surface area contributed by atoms with Crippen LogP contribution in [0.25, 0.3) is 0 Å². The minimum atomic E-state index is -0.822. The first kappa shape index (κ1) is 18.6. The van der Waals surface area contributed by atoms with Crippen LogP contribution in [0.3, 0.4) is 0 Å². The molecular formula is C21H28O3. The fourth-order valence-corrected chi connectivity index (χ4v) is 3.93. The van der Waals surface area contributed by atoms with E-state index in [-0.39, 0.29) is 17.6 Å². The molecule has 0 saturated heterocycles. The highest BCUT2D eigenvalue weighted by Crippen LogP contribution is 2.41. The summed E-state index contributed by atoms with van der Waals surface area (Å²) in [5, 5.41) is 0. The summed E-state index contributed by atoms with van der Waals surface area (Å²) < 4.78 is 0. The minimum absolute atomic E-state index is 0.0921. The van der Waals surface area contributed by atoms with Crippen LogP contribution in [0.2, 0.25) is 0 Å². The van der Waals surface area contributed by atoms with E-state index in [0.29, 0.717) is 18.4 Å². The van der Waals surface area contributed by atoms with Gasteiger partial charge in [0.15, 0.2) is 5.78 Å². The Bertz CT molecular complexity index is 621. The van der Waals surface area contributed by atoms with Gasteiger partial charge < -0.3 is 0 Å². The van der Waals surface area contributed by atoms with E-state index in [4.69, 9.17) is 0 Å². The molecule has 0 aromatic rings. The monoisotopic (exact) mass is 328 g/mol. The Morgan fingerprint density at radius 2 is 1.96 bits per heavy atom. The van der Waals surface area contributed by atoms with E-state index in [1.54, 1.807) is 0 Å². The summed E-state index contributed by atoms with van der Waals surface area (Å²) in [6, 6.07) is 0. The number of unbranched alkanes of at least 4 members (excludes halogenated alkanes) is 2. The van der Waals surface area contributed by atoms with Crippen LogP contribution >= 0.6 is 0 Å². The molecular weight excluding hydrogens is 300 g/mol. The molecule has 0 amide bonds. The first-order chi connectivity index (χ1) is 11.4. The summed E-state index contributed by atoms with van der Waals surface area (Å²) in [5.41, 5.74) is 2.57. The van der Waals surface area contributed by atoms with Crippen LogP contribution in [0.1, 0.15) is 59.3 Å². The second-order valence-corrected chi connectivity index (χ2v) is 7.31. The van der Waals surface area contributed by atoms with Gasteiger partial charge in [0, 0.05) is 5.57 Å². The zero-order valence-corrected chi connectivity index (χ0v) is 15.1. The van der Waals surface area contributed by atoms with Gasteiger partial charge in [0.25, 0.3) is 0 Å². The molecule has 0 aromatic carbocycles. The molecule has 0 spiro atoms. The predicted molar refractivity (Wildman–Crippen MR) is 95.5 cm³/mol. The topological polar surface area (TPSA) is 51.2 Å². The third-order valence-electron chi connectivity index (χ3n) is 5.33. The summed E-state index contributed by atoms with van der Waals surface area (Å²) >= 11 is 0. The van der Waals surface area contributed by atoms with E-state index in [0.717, 1.165) is 31.3 Å². The van der Waals surface area contributed by atoms with Crippen molar-refractivity contribution in [3.05, 3.63) is 35.5 Å². The standard InChI is InChI=1S/C21H28O3/c1-5-6-7-8-15-12-18(22)19(21(24)20(15)23)17-11-14(4)9-10-16(17)13(2)3/h9,12,16-17,19H,2,5-8,10-11H2,1,3-4H3/t16-,17+,19?/m0/s1. The van der Waals surface area contributed by atoms with E-state index < -0.39 is 17.5 Å². The average molecular weight is 328 g/mol. The Hall–Kier alpha value is -1.77. The van der Waals surface area contributed by atoms with E-state index in [1.165, 1.54) is 11.6 Å². The van der Waals surface area contributed by atoms with Gasteiger partial charge in [0.2, 0.25) is 11.6 Å². The van der Waals surface area contributed by atoms with Gasteiger partial charge in [-0.3, -0.25) is 14.4 Å². The molecule has 0 aromatic heterocycles. The van der Waals surface area contributed by atoms with E-state index in [2.05, 4.69) is 19.6 Å². The van der Waals surface area contributed by atoms with Crippen molar-refractivity contribution in [2.45, 2.75) is 59.3 Å². The zero-order chi connectivity index (χ0) is 17.9.